The molecule has 3 aromatic rings. The van der Waals surface area contributed by atoms with Crippen LogP contribution in [0.4, 0.5) is 10.1 Å². The lowest BCUT2D eigenvalue weighted by Gasteiger charge is -2.06. The van der Waals surface area contributed by atoms with Crippen molar-refractivity contribution in [1.82, 2.24) is 9.97 Å². The van der Waals surface area contributed by atoms with E-state index in [1.807, 2.05) is 23.6 Å². The summed E-state index contributed by atoms with van der Waals surface area (Å²) in [7, 11) is -1.33. The summed E-state index contributed by atoms with van der Waals surface area (Å²) >= 11 is 1.52. The molecule has 23 heavy (non-hydrogen) atoms. The molecule has 0 radical (unpaired) electrons. The molecule has 1 N–H and O–H groups in total. The van der Waals surface area contributed by atoms with Crippen molar-refractivity contribution in [2.45, 2.75) is 11.4 Å². The molecule has 118 valence electrons. The van der Waals surface area contributed by atoms with Gasteiger partial charge in [0.2, 0.25) is 0 Å². The van der Waals surface area contributed by atoms with Crippen LogP contribution in [-0.4, -0.2) is 20.4 Å². The van der Waals surface area contributed by atoms with E-state index in [1.165, 1.54) is 29.7 Å². The summed E-state index contributed by atoms with van der Waals surface area (Å²) in [5.41, 5.74) is 2.33. The van der Waals surface area contributed by atoms with E-state index in [9.17, 15) is 8.60 Å². The monoisotopic (exact) mass is 347 g/mol. The van der Waals surface area contributed by atoms with Gasteiger partial charge < -0.3 is 5.32 Å². The second kappa shape index (κ2) is 6.97. The molecule has 0 bridgehead atoms. The van der Waals surface area contributed by atoms with Crippen LogP contribution in [0.1, 0.15) is 5.69 Å². The summed E-state index contributed by atoms with van der Waals surface area (Å²) < 4.78 is 25.1. The van der Waals surface area contributed by atoms with Crippen molar-refractivity contribution < 1.29 is 8.60 Å². The Morgan fingerprint density at radius 2 is 2.17 bits per heavy atom. The van der Waals surface area contributed by atoms with Gasteiger partial charge in [0.05, 0.1) is 33.6 Å². The maximum Gasteiger partial charge on any atom is 0.142 e. The minimum absolute atomic E-state index is 0.210. The summed E-state index contributed by atoms with van der Waals surface area (Å²) in [5, 5.41) is 5.92. The molecular formula is C16H14FN3OS2. The maximum absolute atomic E-state index is 13.8. The molecule has 2 heterocycles. The number of aromatic nitrogens is 2. The number of thiazole rings is 1. The molecule has 1 atom stereocenters. The van der Waals surface area contributed by atoms with Crippen molar-refractivity contribution in [3.05, 3.63) is 59.5 Å². The number of pyridine rings is 1. The van der Waals surface area contributed by atoms with Crippen LogP contribution in [-0.2, 0) is 17.3 Å². The number of hydrogen-bond donors (Lipinski definition) is 1. The molecule has 7 heteroatoms. The van der Waals surface area contributed by atoms with E-state index in [2.05, 4.69) is 15.3 Å². The third-order valence-electron chi connectivity index (χ3n) is 3.15. The van der Waals surface area contributed by atoms with E-state index in [-0.39, 0.29) is 4.90 Å². The normalized spacial score (nSPS) is 12.1. The average Bonchev–Trinajstić information content (AvgIpc) is 3.02. The minimum Gasteiger partial charge on any atom is -0.379 e. The van der Waals surface area contributed by atoms with Crippen LogP contribution in [0.15, 0.2) is 52.9 Å². The van der Waals surface area contributed by atoms with Crippen molar-refractivity contribution in [3.63, 3.8) is 0 Å². The van der Waals surface area contributed by atoms with Gasteiger partial charge in [-0.25, -0.2) is 9.37 Å². The number of hydrogen-bond acceptors (Lipinski definition) is 5. The molecule has 0 fully saturated rings. The number of nitrogens with zero attached hydrogens (tertiary/aromatic N) is 2. The highest BCUT2D eigenvalue weighted by Crippen LogP contribution is 2.22. The van der Waals surface area contributed by atoms with E-state index < -0.39 is 16.6 Å². The van der Waals surface area contributed by atoms with Gasteiger partial charge in [-0.15, -0.1) is 11.3 Å². The third kappa shape index (κ3) is 3.80. The van der Waals surface area contributed by atoms with Crippen LogP contribution >= 0.6 is 11.3 Å². The highest BCUT2D eigenvalue weighted by molar-refractivity contribution is 7.84. The second-order valence-electron chi connectivity index (χ2n) is 4.81. The quantitative estimate of drug-likeness (QED) is 0.765. The molecule has 0 aliphatic rings. The first-order valence-electron chi connectivity index (χ1n) is 6.86. The number of nitrogens with one attached hydrogen (secondary N) is 1. The zero-order chi connectivity index (χ0) is 16.2. The van der Waals surface area contributed by atoms with Gasteiger partial charge in [0.15, 0.2) is 0 Å². The fourth-order valence-electron chi connectivity index (χ4n) is 2.03. The van der Waals surface area contributed by atoms with Crippen molar-refractivity contribution in [2.75, 3.05) is 11.6 Å². The molecule has 0 saturated carbocycles. The van der Waals surface area contributed by atoms with Crippen LogP contribution < -0.4 is 5.32 Å². The zero-order valence-corrected chi connectivity index (χ0v) is 14.0. The van der Waals surface area contributed by atoms with Crippen molar-refractivity contribution >= 4 is 27.8 Å². The van der Waals surface area contributed by atoms with Crippen molar-refractivity contribution in [3.8, 4) is 10.7 Å². The molecule has 0 spiro atoms. The average molecular weight is 347 g/mol. The Balaban J connectivity index is 1.68. The number of anilines is 1. The topological polar surface area (TPSA) is 54.9 Å². The van der Waals surface area contributed by atoms with Gasteiger partial charge in [0.25, 0.3) is 0 Å². The Bertz CT molecular complexity index is 836. The largest absolute Gasteiger partial charge is 0.379 e. The van der Waals surface area contributed by atoms with Gasteiger partial charge in [0.1, 0.15) is 10.8 Å². The van der Waals surface area contributed by atoms with E-state index in [0.717, 1.165) is 16.4 Å². The predicted octanol–water partition coefficient (Wildman–Crippen LogP) is 3.69. The first kappa shape index (κ1) is 15.8. The van der Waals surface area contributed by atoms with Crippen molar-refractivity contribution in [2.24, 2.45) is 0 Å². The van der Waals surface area contributed by atoms with E-state index in [4.69, 9.17) is 0 Å². The summed E-state index contributed by atoms with van der Waals surface area (Å²) in [6, 6.07) is 10.3. The number of rotatable bonds is 5. The highest BCUT2D eigenvalue weighted by Gasteiger charge is 2.08. The van der Waals surface area contributed by atoms with Crippen LogP contribution in [0, 0.1) is 5.82 Å². The van der Waals surface area contributed by atoms with Crippen molar-refractivity contribution in [1.29, 1.82) is 0 Å². The van der Waals surface area contributed by atoms with E-state index in [1.54, 1.807) is 12.3 Å². The SMILES string of the molecule is C[S@](=O)c1ccc(NCc2csc(-c3ccccn3)n2)cc1F. The summed E-state index contributed by atoms with van der Waals surface area (Å²) in [5.74, 6) is -0.469. The molecule has 0 saturated heterocycles. The molecular weight excluding hydrogens is 333 g/mol. The van der Waals surface area contributed by atoms with Crippen LogP contribution in [0.5, 0.6) is 0 Å². The maximum atomic E-state index is 13.8. The van der Waals surface area contributed by atoms with Gasteiger partial charge in [-0.3, -0.25) is 9.19 Å². The van der Waals surface area contributed by atoms with E-state index >= 15 is 0 Å². The summed E-state index contributed by atoms with van der Waals surface area (Å²) in [4.78, 5) is 8.99. The highest BCUT2D eigenvalue weighted by atomic mass is 32.2. The van der Waals surface area contributed by atoms with Gasteiger partial charge in [-0.1, -0.05) is 6.07 Å². The first-order valence-corrected chi connectivity index (χ1v) is 9.30. The zero-order valence-electron chi connectivity index (χ0n) is 12.3. The molecule has 2 aromatic heterocycles. The smallest absolute Gasteiger partial charge is 0.142 e. The van der Waals surface area contributed by atoms with Gasteiger partial charge in [-0.2, -0.15) is 0 Å². The molecule has 1 aromatic carbocycles. The Morgan fingerprint density at radius 3 is 2.87 bits per heavy atom. The fourth-order valence-corrected chi connectivity index (χ4v) is 3.42. The van der Waals surface area contributed by atoms with Crippen LogP contribution in [0.3, 0.4) is 0 Å². The Morgan fingerprint density at radius 1 is 1.30 bits per heavy atom. The Hall–Kier alpha value is -2.12. The Labute approximate surface area is 139 Å². The second-order valence-corrected chi connectivity index (χ2v) is 7.02. The molecule has 3 rings (SSSR count). The number of halogens is 1. The van der Waals surface area contributed by atoms with Gasteiger partial charge in [0, 0.05) is 23.5 Å². The minimum atomic E-state index is -1.33. The lowest BCUT2D eigenvalue weighted by molar-refractivity contribution is 0.596. The summed E-state index contributed by atoms with van der Waals surface area (Å²) in [6.07, 6.45) is 3.19. The lowest BCUT2D eigenvalue weighted by atomic mass is 10.3. The molecule has 4 nitrogen and oxygen atoms in total. The molecule has 0 amide bonds. The molecule has 0 aliphatic heterocycles. The Kier molecular flexibility index (Phi) is 4.78. The fraction of sp³-hybridized carbons (Fsp3) is 0.125. The molecule has 0 unspecified atom stereocenters. The van der Waals surface area contributed by atoms with Gasteiger partial charge in [-0.05, 0) is 30.3 Å². The van der Waals surface area contributed by atoms with Crippen LogP contribution in [0.25, 0.3) is 10.7 Å². The predicted molar refractivity (Wildman–Crippen MR) is 91.4 cm³/mol. The van der Waals surface area contributed by atoms with E-state index in [0.29, 0.717) is 12.2 Å². The van der Waals surface area contributed by atoms with Gasteiger partial charge >= 0.3 is 0 Å². The number of benzene rings is 1. The first-order chi connectivity index (χ1) is 11.1. The lowest BCUT2D eigenvalue weighted by Crippen LogP contribution is -2.01. The summed E-state index contributed by atoms with van der Waals surface area (Å²) in [6.45, 7) is 0.483. The third-order valence-corrected chi connectivity index (χ3v) is 5.02. The standard InChI is InChI=1S/C16H14FN3OS2/c1-23(21)15-6-5-11(8-13(15)17)19-9-12-10-22-16(20-12)14-4-2-3-7-18-14/h2-8,10,19H,9H2,1H3/t23-/m0/s1. The van der Waals surface area contributed by atoms with Crippen LogP contribution in [0.2, 0.25) is 0 Å². The molecule has 0 aliphatic carbocycles.